The van der Waals surface area contributed by atoms with Crippen molar-refractivity contribution in [2.45, 2.75) is 70.9 Å². The molecule has 25 heteroatoms. The van der Waals surface area contributed by atoms with E-state index in [1.165, 1.54) is 27.9 Å². The van der Waals surface area contributed by atoms with Crippen LogP contribution in [-0.4, -0.2) is 105 Å². The third kappa shape index (κ3) is 9.49. The van der Waals surface area contributed by atoms with Gasteiger partial charge in [-0.3, -0.25) is 29.3 Å². The molecule has 6 heterocycles. The number of ether oxygens (including phenoxy) is 2. The van der Waals surface area contributed by atoms with E-state index in [1.807, 2.05) is 6.07 Å². The molecule has 2 aliphatic heterocycles. The monoisotopic (exact) mass is 882 g/mol. The Balaban J connectivity index is 1.12. The van der Waals surface area contributed by atoms with Crippen LogP contribution in [0.5, 0.6) is 0 Å². The number of hydrogen-bond acceptors (Lipinski definition) is 17. The SMILES string of the molecule is CC(C)C(=O)Nc1nc2c(ncn2C2OC(CO)C(C)C2OP(OCCC#N)OCC2OC(c3cnc4c(NC(=O)c5ccccc5)ncnn34)C(C)C2O[P+](=O)O)c(=O)[nH]1. The second-order valence-electron chi connectivity index (χ2n) is 14.4. The molecule has 1 aromatic carbocycles. The topological polar surface area (TPSA) is 302 Å². The number of rotatable bonds is 17. The number of aromatic nitrogens is 8. The van der Waals surface area contributed by atoms with Crippen LogP contribution in [0.2, 0.25) is 0 Å². The molecule has 2 saturated heterocycles. The van der Waals surface area contributed by atoms with Gasteiger partial charge in [0.15, 0.2) is 28.9 Å². The maximum atomic E-state index is 13.0. The maximum Gasteiger partial charge on any atom is 0.695 e. The van der Waals surface area contributed by atoms with E-state index < -0.39 is 89.4 Å². The van der Waals surface area contributed by atoms with Gasteiger partial charge in [-0.25, -0.2) is 19.5 Å². The summed E-state index contributed by atoms with van der Waals surface area (Å²) in [5.41, 5.74) is 0.447. The molecular weight excluding hydrogens is 840 g/mol. The number of carbonyl (C=O) groups is 2. The number of amides is 2. The Labute approximate surface area is 348 Å². The number of aromatic amines is 1. The summed E-state index contributed by atoms with van der Waals surface area (Å²) in [6.07, 6.45) is -1.51. The fourth-order valence-electron chi connectivity index (χ4n) is 6.89. The molecule has 0 radical (unpaired) electrons. The van der Waals surface area contributed by atoms with Gasteiger partial charge in [0, 0.05) is 27.9 Å². The summed E-state index contributed by atoms with van der Waals surface area (Å²) in [7, 11) is -5.45. The lowest BCUT2D eigenvalue weighted by atomic mass is 9.97. The van der Waals surface area contributed by atoms with Crippen molar-refractivity contribution >= 4 is 57.2 Å². The molecule has 0 bridgehead atoms. The Bertz CT molecular complexity index is 2480. The first-order chi connectivity index (χ1) is 29.4. The van der Waals surface area contributed by atoms with Gasteiger partial charge in [0.1, 0.15) is 30.7 Å². The molecule has 0 spiro atoms. The summed E-state index contributed by atoms with van der Waals surface area (Å²) < 4.78 is 51.7. The zero-order valence-corrected chi connectivity index (χ0v) is 34.9. The second-order valence-corrected chi connectivity index (χ2v) is 16.3. The van der Waals surface area contributed by atoms with Crippen molar-refractivity contribution in [2.75, 3.05) is 30.5 Å². The molecule has 322 valence electrons. The fraction of sp³-hybridized carbons (Fsp3) is 0.472. The van der Waals surface area contributed by atoms with Gasteiger partial charge in [0.05, 0.1) is 56.6 Å². The maximum absolute atomic E-state index is 13.0. The third-order valence-corrected chi connectivity index (χ3v) is 11.7. The summed E-state index contributed by atoms with van der Waals surface area (Å²) in [4.78, 5) is 68.0. The number of hydrogen-bond donors (Lipinski definition) is 5. The van der Waals surface area contributed by atoms with Gasteiger partial charge in [-0.1, -0.05) is 45.9 Å². The van der Waals surface area contributed by atoms with Crippen LogP contribution in [0, 0.1) is 29.1 Å². The molecule has 2 amide bonds. The minimum Gasteiger partial charge on any atom is -0.394 e. The standard InChI is InChI=1S/C36H41N11O12P2/c1-18(2)32(49)44-36-43-30-25(34(51)45-36)40-17-46(30)35-28(19(3)23(14-48)57-35)59-61(54-12-8-11-37)55-15-24-27(58-60(52)53)20(4)26(56-24)22-13-38-31-29(39-16-41-47(22)31)42-33(50)21-9-6-5-7-10-21/h5-7,9-10,13,16-20,23-24,26-28,35,48H,8,12,14-15H2,1-4H3,(H3-,39,41,42,43,44,45,49,50,51,52,53)/p+1. The Kier molecular flexibility index (Phi) is 13.8. The van der Waals surface area contributed by atoms with Crippen molar-refractivity contribution in [2.24, 2.45) is 17.8 Å². The third-order valence-electron chi connectivity index (χ3n) is 10.1. The highest BCUT2D eigenvalue weighted by Gasteiger charge is 2.50. The smallest absolute Gasteiger partial charge is 0.394 e. The van der Waals surface area contributed by atoms with E-state index in [1.54, 1.807) is 58.0 Å². The number of benzene rings is 1. The predicted octanol–water partition coefficient (Wildman–Crippen LogP) is 3.30. The molecule has 61 heavy (non-hydrogen) atoms. The van der Waals surface area contributed by atoms with Gasteiger partial charge in [-0.2, -0.15) is 15.3 Å². The molecule has 4 aromatic heterocycles. The number of carbonyl (C=O) groups excluding carboxylic acids is 2. The molecule has 0 saturated carbocycles. The van der Waals surface area contributed by atoms with E-state index in [-0.39, 0.29) is 54.1 Å². The number of nitriles is 1. The minimum absolute atomic E-state index is 0.0195. The molecule has 2 fully saturated rings. The molecule has 0 aliphatic carbocycles. The molecular formula is C36H42N11O12P2+. The normalized spacial score (nSPS) is 24.6. The van der Waals surface area contributed by atoms with Crippen molar-refractivity contribution in [3.8, 4) is 6.07 Å². The van der Waals surface area contributed by atoms with Gasteiger partial charge >= 0.3 is 16.9 Å². The minimum atomic E-state index is -3.11. The van der Waals surface area contributed by atoms with Crippen LogP contribution < -0.4 is 16.2 Å². The Hall–Kier alpha value is -5.24. The Morgan fingerprint density at radius 3 is 2.57 bits per heavy atom. The first-order valence-electron chi connectivity index (χ1n) is 19.1. The van der Waals surface area contributed by atoms with Crippen LogP contribution >= 0.6 is 16.9 Å². The highest BCUT2D eigenvalue weighted by atomic mass is 31.2. The van der Waals surface area contributed by atoms with Gasteiger partial charge < -0.3 is 33.5 Å². The molecule has 7 rings (SSSR count). The quantitative estimate of drug-likeness (QED) is 0.0661. The highest BCUT2D eigenvalue weighted by molar-refractivity contribution is 7.41. The van der Waals surface area contributed by atoms with E-state index >= 15 is 0 Å². The molecule has 2 aliphatic rings. The number of imidazole rings is 2. The number of nitrogens with zero attached hydrogens (tertiary/aromatic N) is 8. The van der Waals surface area contributed by atoms with E-state index in [0.717, 1.165) is 0 Å². The Morgan fingerprint density at radius 2 is 1.85 bits per heavy atom. The highest BCUT2D eigenvalue weighted by Crippen LogP contribution is 2.50. The summed E-state index contributed by atoms with van der Waals surface area (Å²) in [5.74, 6) is -2.25. The molecule has 10 atom stereocenters. The van der Waals surface area contributed by atoms with Crippen molar-refractivity contribution in [1.29, 1.82) is 5.26 Å². The summed E-state index contributed by atoms with van der Waals surface area (Å²) in [5, 5.41) is 29.2. The number of anilines is 2. The van der Waals surface area contributed by atoms with Crippen LogP contribution in [0.4, 0.5) is 11.8 Å². The number of H-pyrrole nitrogens is 1. The number of nitrogens with one attached hydrogen (secondary N) is 3. The van der Waals surface area contributed by atoms with Crippen molar-refractivity contribution in [3.05, 3.63) is 70.8 Å². The number of fused-ring (bicyclic) bond motifs is 2. The van der Waals surface area contributed by atoms with Crippen molar-refractivity contribution in [3.63, 3.8) is 0 Å². The Morgan fingerprint density at radius 1 is 1.07 bits per heavy atom. The molecule has 5 N–H and O–H groups in total. The lowest BCUT2D eigenvalue weighted by Gasteiger charge is -2.27. The van der Waals surface area contributed by atoms with Gasteiger partial charge in [0.2, 0.25) is 11.9 Å². The summed E-state index contributed by atoms with van der Waals surface area (Å²) >= 11 is 0. The van der Waals surface area contributed by atoms with E-state index in [0.29, 0.717) is 11.3 Å². The molecule has 23 nitrogen and oxygen atoms in total. The van der Waals surface area contributed by atoms with Gasteiger partial charge in [-0.15, -0.1) is 9.42 Å². The summed E-state index contributed by atoms with van der Waals surface area (Å²) in [6, 6.07) is 10.6. The molecule has 10 unspecified atom stereocenters. The lowest BCUT2D eigenvalue weighted by Crippen LogP contribution is -2.31. The van der Waals surface area contributed by atoms with Crippen LogP contribution in [0.25, 0.3) is 16.8 Å². The zero-order valence-electron chi connectivity index (χ0n) is 33.1. The number of aliphatic hydroxyl groups excluding tert-OH is 1. The zero-order chi connectivity index (χ0) is 43.4. The lowest BCUT2D eigenvalue weighted by molar-refractivity contribution is -0.118. The van der Waals surface area contributed by atoms with Crippen molar-refractivity contribution in [1.82, 2.24) is 39.1 Å². The first-order valence-corrected chi connectivity index (χ1v) is 21.3. The predicted molar refractivity (Wildman–Crippen MR) is 212 cm³/mol. The fourth-order valence-corrected chi connectivity index (χ4v) is 8.63. The molecule has 5 aromatic rings. The average Bonchev–Trinajstić information content (AvgIpc) is 4.01. The average molecular weight is 883 g/mol. The van der Waals surface area contributed by atoms with Crippen LogP contribution in [0.1, 0.15) is 62.5 Å². The summed E-state index contributed by atoms with van der Waals surface area (Å²) in [6.45, 7) is 6.10. The van der Waals surface area contributed by atoms with E-state index in [2.05, 4.69) is 40.7 Å². The van der Waals surface area contributed by atoms with Gasteiger partial charge in [-0.05, 0) is 12.1 Å². The van der Waals surface area contributed by atoms with Crippen LogP contribution in [0.3, 0.4) is 0 Å². The second kappa shape index (κ2) is 19.2. The van der Waals surface area contributed by atoms with Crippen LogP contribution in [-0.2, 0) is 36.9 Å². The number of aliphatic hydroxyl groups is 1. The first kappa shape index (κ1) is 43.8. The van der Waals surface area contributed by atoms with Crippen molar-refractivity contribution < 1.29 is 51.7 Å². The largest absolute Gasteiger partial charge is 0.695 e. The van der Waals surface area contributed by atoms with E-state index in [4.69, 9.17) is 27.6 Å². The van der Waals surface area contributed by atoms with Crippen LogP contribution in [0.15, 0.2) is 54.0 Å². The van der Waals surface area contributed by atoms with Gasteiger partial charge in [0.25, 0.3) is 11.5 Å². The van der Waals surface area contributed by atoms with E-state index in [9.17, 15) is 34.2 Å².